The first-order chi connectivity index (χ1) is 10.1. The molecule has 1 aromatic rings. The van der Waals surface area contributed by atoms with Crippen LogP contribution >= 0.6 is 0 Å². The smallest absolute Gasteiger partial charge is 0.00138 e. The fraction of sp³-hybridized carbons (Fsp3) is 0.700. The summed E-state index contributed by atoms with van der Waals surface area (Å²) in [6.45, 7) is 9.19. The van der Waals surface area contributed by atoms with Gasteiger partial charge in [-0.25, -0.2) is 0 Å². The molecule has 3 rings (SSSR count). The minimum Gasteiger partial charge on any atom is -0.316 e. The van der Waals surface area contributed by atoms with E-state index >= 15 is 0 Å². The van der Waals surface area contributed by atoms with Gasteiger partial charge in [-0.2, -0.15) is 0 Å². The summed E-state index contributed by atoms with van der Waals surface area (Å²) in [4.78, 5) is 0. The highest BCUT2D eigenvalue weighted by Crippen LogP contribution is 2.57. The van der Waals surface area contributed by atoms with Crippen LogP contribution in [0, 0.1) is 31.1 Å². The van der Waals surface area contributed by atoms with Crippen LogP contribution in [0.5, 0.6) is 0 Å². The van der Waals surface area contributed by atoms with Crippen LogP contribution in [0.2, 0.25) is 0 Å². The molecule has 0 saturated heterocycles. The van der Waals surface area contributed by atoms with Gasteiger partial charge in [-0.15, -0.1) is 0 Å². The Morgan fingerprint density at radius 3 is 2.76 bits per heavy atom. The summed E-state index contributed by atoms with van der Waals surface area (Å²) in [6.07, 6.45) is 8.46. The fourth-order valence-electron chi connectivity index (χ4n) is 4.94. The Balaban J connectivity index is 1.81. The van der Waals surface area contributed by atoms with Gasteiger partial charge in [0.1, 0.15) is 0 Å². The van der Waals surface area contributed by atoms with Gasteiger partial charge in [0.25, 0.3) is 0 Å². The summed E-state index contributed by atoms with van der Waals surface area (Å²) in [5.74, 6) is 1.98. The number of benzene rings is 1. The standard InChI is InChI=1S/C20H31N/c1-4-9-21-14-20(12-17-7-8-19(20)11-17)13-18-10-15(2)5-6-16(18)3/h5-6,10,17,19,21H,4,7-9,11-14H2,1-3H3. The van der Waals surface area contributed by atoms with Crippen molar-refractivity contribution in [3.8, 4) is 0 Å². The third-order valence-corrected chi connectivity index (χ3v) is 6.05. The third-order valence-electron chi connectivity index (χ3n) is 6.05. The zero-order valence-electron chi connectivity index (χ0n) is 14.0. The second-order valence-corrected chi connectivity index (χ2v) is 7.73. The zero-order valence-corrected chi connectivity index (χ0v) is 14.0. The largest absolute Gasteiger partial charge is 0.316 e. The highest BCUT2D eigenvalue weighted by Gasteiger charge is 2.50. The number of fused-ring (bicyclic) bond motifs is 2. The summed E-state index contributed by atoms with van der Waals surface area (Å²) < 4.78 is 0. The Hall–Kier alpha value is -0.820. The first-order valence-corrected chi connectivity index (χ1v) is 8.90. The molecule has 3 atom stereocenters. The summed E-state index contributed by atoms with van der Waals surface area (Å²) in [7, 11) is 0. The van der Waals surface area contributed by atoms with Crippen molar-refractivity contribution >= 4 is 0 Å². The lowest BCUT2D eigenvalue weighted by molar-refractivity contribution is 0.156. The predicted molar refractivity (Wildman–Crippen MR) is 90.7 cm³/mol. The quantitative estimate of drug-likeness (QED) is 0.750. The molecule has 0 amide bonds. The summed E-state index contributed by atoms with van der Waals surface area (Å²) in [6, 6.07) is 7.00. The molecular weight excluding hydrogens is 254 g/mol. The van der Waals surface area contributed by atoms with E-state index in [1.807, 2.05) is 0 Å². The van der Waals surface area contributed by atoms with Crippen LogP contribution in [0.1, 0.15) is 55.7 Å². The molecule has 2 fully saturated rings. The average molecular weight is 285 g/mol. The van der Waals surface area contributed by atoms with Crippen LogP contribution in [-0.4, -0.2) is 13.1 Å². The highest BCUT2D eigenvalue weighted by molar-refractivity contribution is 5.32. The van der Waals surface area contributed by atoms with E-state index in [2.05, 4.69) is 44.3 Å². The molecule has 3 unspecified atom stereocenters. The van der Waals surface area contributed by atoms with E-state index in [1.54, 1.807) is 5.56 Å². The lowest BCUT2D eigenvalue weighted by Crippen LogP contribution is -2.41. The molecule has 0 aliphatic heterocycles. The molecule has 2 aliphatic rings. The van der Waals surface area contributed by atoms with E-state index < -0.39 is 0 Å². The molecular formula is C20H31N. The molecule has 2 aliphatic carbocycles. The second-order valence-electron chi connectivity index (χ2n) is 7.73. The summed E-state index contributed by atoms with van der Waals surface area (Å²) in [5.41, 5.74) is 5.03. The molecule has 1 aromatic carbocycles. The van der Waals surface area contributed by atoms with Crippen molar-refractivity contribution in [1.82, 2.24) is 5.32 Å². The van der Waals surface area contributed by atoms with E-state index in [0.717, 1.165) is 11.8 Å². The Kier molecular flexibility index (Phi) is 4.40. The van der Waals surface area contributed by atoms with E-state index in [-0.39, 0.29) is 0 Å². The minimum absolute atomic E-state index is 0.538. The normalized spacial score (nSPS) is 31.0. The molecule has 0 heterocycles. The Morgan fingerprint density at radius 1 is 1.24 bits per heavy atom. The summed E-state index contributed by atoms with van der Waals surface area (Å²) >= 11 is 0. The van der Waals surface area contributed by atoms with Crippen molar-refractivity contribution in [2.75, 3.05) is 13.1 Å². The molecule has 0 radical (unpaired) electrons. The maximum atomic E-state index is 3.76. The van der Waals surface area contributed by atoms with Crippen LogP contribution in [0.4, 0.5) is 0 Å². The van der Waals surface area contributed by atoms with Crippen molar-refractivity contribution in [3.05, 3.63) is 34.9 Å². The van der Waals surface area contributed by atoms with Crippen LogP contribution in [-0.2, 0) is 6.42 Å². The van der Waals surface area contributed by atoms with Gasteiger partial charge in [0.15, 0.2) is 0 Å². The Labute approximate surface area is 130 Å². The zero-order chi connectivity index (χ0) is 14.9. The highest BCUT2D eigenvalue weighted by atomic mass is 14.9. The molecule has 0 aromatic heterocycles. The van der Waals surface area contributed by atoms with Gasteiger partial charge in [0.05, 0.1) is 0 Å². The maximum absolute atomic E-state index is 3.76. The first kappa shape index (κ1) is 15.1. The molecule has 1 heteroatoms. The SMILES string of the molecule is CCCNCC1(Cc2cc(C)ccc2C)CC2CCC1C2. The molecule has 1 N–H and O–H groups in total. The van der Waals surface area contributed by atoms with E-state index in [0.29, 0.717) is 5.41 Å². The number of hydrogen-bond acceptors (Lipinski definition) is 1. The van der Waals surface area contributed by atoms with Gasteiger partial charge in [-0.3, -0.25) is 0 Å². The van der Waals surface area contributed by atoms with Crippen molar-refractivity contribution in [3.63, 3.8) is 0 Å². The Morgan fingerprint density at radius 2 is 2.10 bits per heavy atom. The molecule has 2 saturated carbocycles. The number of rotatable bonds is 6. The fourth-order valence-corrected chi connectivity index (χ4v) is 4.94. The van der Waals surface area contributed by atoms with Gasteiger partial charge in [-0.05, 0) is 80.9 Å². The molecule has 0 spiro atoms. The van der Waals surface area contributed by atoms with E-state index in [1.165, 1.54) is 62.7 Å². The molecule has 116 valence electrons. The van der Waals surface area contributed by atoms with Crippen molar-refractivity contribution in [1.29, 1.82) is 0 Å². The van der Waals surface area contributed by atoms with Crippen molar-refractivity contribution in [2.24, 2.45) is 17.3 Å². The van der Waals surface area contributed by atoms with Gasteiger partial charge in [-0.1, -0.05) is 37.1 Å². The monoisotopic (exact) mass is 285 g/mol. The number of aryl methyl sites for hydroxylation is 2. The molecule has 2 bridgehead atoms. The summed E-state index contributed by atoms with van der Waals surface area (Å²) in [5, 5.41) is 3.76. The lowest BCUT2D eigenvalue weighted by Gasteiger charge is -2.39. The van der Waals surface area contributed by atoms with Crippen LogP contribution in [0.25, 0.3) is 0 Å². The van der Waals surface area contributed by atoms with Crippen LogP contribution in [0.3, 0.4) is 0 Å². The molecule has 1 nitrogen and oxygen atoms in total. The van der Waals surface area contributed by atoms with Gasteiger partial charge in [0.2, 0.25) is 0 Å². The van der Waals surface area contributed by atoms with Gasteiger partial charge in [0, 0.05) is 6.54 Å². The first-order valence-electron chi connectivity index (χ1n) is 8.90. The van der Waals surface area contributed by atoms with E-state index in [9.17, 15) is 0 Å². The lowest BCUT2D eigenvalue weighted by atomic mass is 9.68. The van der Waals surface area contributed by atoms with Crippen molar-refractivity contribution < 1.29 is 0 Å². The average Bonchev–Trinajstić information content (AvgIpc) is 3.04. The molecule has 21 heavy (non-hydrogen) atoms. The van der Waals surface area contributed by atoms with Crippen LogP contribution < -0.4 is 5.32 Å². The second kappa shape index (κ2) is 6.12. The van der Waals surface area contributed by atoms with Gasteiger partial charge < -0.3 is 5.32 Å². The van der Waals surface area contributed by atoms with Crippen molar-refractivity contribution in [2.45, 2.75) is 59.3 Å². The van der Waals surface area contributed by atoms with E-state index in [4.69, 9.17) is 0 Å². The predicted octanol–water partition coefficient (Wildman–Crippen LogP) is 4.65. The number of nitrogens with one attached hydrogen (secondary N) is 1. The topological polar surface area (TPSA) is 12.0 Å². The Bertz CT molecular complexity index is 493. The minimum atomic E-state index is 0.538. The van der Waals surface area contributed by atoms with Gasteiger partial charge >= 0.3 is 0 Å². The number of hydrogen-bond donors (Lipinski definition) is 1. The maximum Gasteiger partial charge on any atom is 0.00138 e. The third kappa shape index (κ3) is 3.04. The van der Waals surface area contributed by atoms with Crippen LogP contribution in [0.15, 0.2) is 18.2 Å².